The van der Waals surface area contributed by atoms with Crippen LogP contribution in [-0.4, -0.2) is 51.4 Å². The van der Waals surface area contributed by atoms with Crippen molar-refractivity contribution in [2.75, 3.05) is 33.0 Å². The van der Waals surface area contributed by atoms with Crippen LogP contribution in [0.2, 0.25) is 0 Å². The number of aliphatic hydroxyl groups is 1. The van der Waals surface area contributed by atoms with E-state index in [2.05, 4.69) is 10.4 Å². The Bertz CT molecular complexity index is 237. The second-order valence-electron chi connectivity index (χ2n) is 3.39. The van der Waals surface area contributed by atoms with E-state index in [4.69, 9.17) is 10.9 Å². The quantitative estimate of drug-likeness (QED) is 0.393. The molecule has 0 aliphatic rings. The van der Waals surface area contributed by atoms with Gasteiger partial charge in [0.05, 0.1) is 26.2 Å². The van der Waals surface area contributed by atoms with Crippen LogP contribution in [0.15, 0.2) is 0 Å². The molecule has 0 spiro atoms. The van der Waals surface area contributed by atoms with Gasteiger partial charge in [-0.25, -0.2) is 0 Å². The van der Waals surface area contributed by atoms with Crippen LogP contribution in [0.3, 0.4) is 0 Å². The summed E-state index contributed by atoms with van der Waals surface area (Å²) in [5.41, 5.74) is 0. The zero-order valence-corrected chi connectivity index (χ0v) is 10.2. The molecule has 0 aliphatic heterocycles. The van der Waals surface area contributed by atoms with Crippen LogP contribution in [0.5, 0.6) is 0 Å². The molecule has 0 saturated heterocycles. The lowest BCUT2D eigenvalue weighted by Gasteiger charge is -2.05. The van der Waals surface area contributed by atoms with Crippen LogP contribution in [-0.2, 0) is 19.1 Å². The highest BCUT2D eigenvalue weighted by molar-refractivity contribution is 5.81. The molecule has 0 rings (SSSR count). The highest BCUT2D eigenvalue weighted by Gasteiger charge is 2.07. The molecule has 6 nitrogen and oxygen atoms in total. The van der Waals surface area contributed by atoms with Crippen molar-refractivity contribution in [2.24, 2.45) is 0 Å². The number of hydrogen-bond acceptors (Lipinski definition) is 5. The first-order valence-electron chi connectivity index (χ1n) is 6.19. The van der Waals surface area contributed by atoms with Gasteiger partial charge in [0.15, 0.2) is 0 Å². The van der Waals surface area contributed by atoms with Crippen LogP contribution < -0.4 is 5.32 Å². The number of rotatable bonds is 11. The van der Waals surface area contributed by atoms with Gasteiger partial charge in [0.25, 0.3) is 0 Å². The lowest BCUT2D eigenvalue weighted by molar-refractivity contribution is -0.146. The van der Waals surface area contributed by atoms with Crippen LogP contribution in [0, 0.1) is 0 Å². The molecule has 0 aromatic carbocycles. The monoisotopic (exact) mass is 249 g/mol. The minimum atomic E-state index is -0.415. The maximum Gasteiger partial charge on any atom is 0.306 e. The second-order valence-corrected chi connectivity index (χ2v) is 3.39. The third kappa shape index (κ3) is 11.1. The lowest BCUT2D eigenvalue weighted by atomic mass is 10.3. The fourth-order valence-electron chi connectivity index (χ4n) is 1.02. The predicted molar refractivity (Wildman–Crippen MR) is 61.4 cm³/mol. The average Bonchev–Trinajstić information content (AvgIpc) is 2.38. The van der Waals surface area contributed by atoms with Gasteiger partial charge in [-0.15, -0.1) is 0 Å². The summed E-state index contributed by atoms with van der Waals surface area (Å²) in [6, 6.07) is 0. The van der Waals surface area contributed by atoms with E-state index in [0.29, 0.717) is 13.2 Å². The Morgan fingerprint density at radius 1 is 1.29 bits per heavy atom. The van der Waals surface area contributed by atoms with Crippen molar-refractivity contribution in [1.82, 2.24) is 5.32 Å². The van der Waals surface area contributed by atoms with Crippen molar-refractivity contribution < 1.29 is 24.2 Å². The van der Waals surface area contributed by atoms with Crippen molar-refractivity contribution in [3.63, 3.8) is 0 Å². The molecule has 0 atom stereocenters. The Labute approximate surface area is 103 Å². The minimum Gasteiger partial charge on any atom is -0.463 e. The summed E-state index contributed by atoms with van der Waals surface area (Å²) in [6.45, 7) is 3.47. The molecule has 100 valence electrons. The van der Waals surface area contributed by atoms with E-state index in [1.54, 1.807) is 0 Å². The SMILES string of the molecule is [3H]OCCOCCOC(=O)CCC(=O)NCCC. The maximum atomic E-state index is 11.2. The van der Waals surface area contributed by atoms with Crippen molar-refractivity contribution in [3.05, 3.63) is 0 Å². The molecule has 0 unspecified atom stereocenters. The van der Waals surface area contributed by atoms with Gasteiger partial charge in [-0.3, -0.25) is 9.59 Å². The Morgan fingerprint density at radius 3 is 2.82 bits per heavy atom. The number of ether oxygens (including phenoxy) is 2. The van der Waals surface area contributed by atoms with Crippen molar-refractivity contribution >= 4 is 11.9 Å². The highest BCUT2D eigenvalue weighted by atomic mass is 16.6. The van der Waals surface area contributed by atoms with E-state index < -0.39 is 5.97 Å². The molecular formula is C11H21NO5. The zero-order chi connectivity index (χ0) is 13.6. The largest absolute Gasteiger partial charge is 0.463 e. The summed E-state index contributed by atoms with van der Waals surface area (Å²) < 4.78 is 16.2. The molecule has 0 saturated carbocycles. The van der Waals surface area contributed by atoms with Crippen LogP contribution in [0.4, 0.5) is 0 Å². The number of amides is 1. The summed E-state index contributed by atoms with van der Waals surface area (Å²) in [4.78, 5) is 22.4. The van der Waals surface area contributed by atoms with Crippen molar-refractivity contribution in [1.29, 1.82) is 1.43 Å². The Hall–Kier alpha value is -1.14. The number of carbonyl (C=O) groups is 2. The molecule has 0 radical (unpaired) electrons. The van der Waals surface area contributed by atoms with Crippen LogP contribution >= 0.6 is 0 Å². The maximum absolute atomic E-state index is 11.2. The minimum absolute atomic E-state index is 0.0748. The second kappa shape index (κ2) is 11.3. The van der Waals surface area contributed by atoms with Gasteiger partial charge in [-0.05, 0) is 6.42 Å². The third-order valence-corrected chi connectivity index (χ3v) is 1.85. The summed E-state index contributed by atoms with van der Waals surface area (Å²) in [6.07, 6.45) is 1.09. The standard InChI is InChI=1S/C11H21NO5/c1-2-5-12-10(14)3-4-11(15)17-9-8-16-7-6-13/h13H,2-9H2,1H3,(H,12,14)/i13T. The smallest absolute Gasteiger partial charge is 0.306 e. The molecule has 0 aromatic heterocycles. The van der Waals surface area contributed by atoms with Gasteiger partial charge in [0.2, 0.25) is 7.34 Å². The Kier molecular flexibility index (Phi) is 9.29. The lowest BCUT2D eigenvalue weighted by Crippen LogP contribution is -2.24. The first kappa shape index (κ1) is 13.9. The molecule has 2 N–H and O–H groups in total. The molecular weight excluding hydrogens is 226 g/mol. The van der Waals surface area contributed by atoms with E-state index in [1.807, 2.05) is 6.92 Å². The van der Waals surface area contributed by atoms with Gasteiger partial charge < -0.3 is 19.9 Å². The van der Waals surface area contributed by atoms with Gasteiger partial charge in [-0.1, -0.05) is 6.92 Å². The summed E-state index contributed by atoms with van der Waals surface area (Å²) >= 11 is 0. The molecule has 0 heterocycles. The Morgan fingerprint density at radius 2 is 2.12 bits per heavy atom. The van der Waals surface area contributed by atoms with Crippen LogP contribution in [0.25, 0.3) is 0 Å². The molecule has 6 heteroatoms. The Balaban J connectivity index is 3.34. The molecule has 0 fully saturated rings. The van der Waals surface area contributed by atoms with Crippen LogP contribution in [0.1, 0.15) is 26.2 Å². The van der Waals surface area contributed by atoms with E-state index in [-0.39, 0.29) is 38.6 Å². The number of aliphatic hydroxyl groups excluding tert-OH is 1. The molecule has 1 amide bonds. The zero-order valence-electron chi connectivity index (χ0n) is 11.2. The average molecular weight is 249 g/mol. The fraction of sp³-hybridized carbons (Fsp3) is 0.818. The molecule has 0 bridgehead atoms. The van der Waals surface area contributed by atoms with Gasteiger partial charge in [0, 0.05) is 13.0 Å². The topological polar surface area (TPSA) is 84.9 Å². The number of nitrogens with one attached hydrogen (secondary N) is 1. The fourth-order valence-corrected chi connectivity index (χ4v) is 1.02. The molecule has 0 aliphatic carbocycles. The number of esters is 1. The van der Waals surface area contributed by atoms with Crippen molar-refractivity contribution in [2.45, 2.75) is 26.2 Å². The third-order valence-electron chi connectivity index (χ3n) is 1.85. The van der Waals surface area contributed by atoms with E-state index in [9.17, 15) is 9.59 Å². The van der Waals surface area contributed by atoms with E-state index >= 15 is 0 Å². The molecule has 0 aromatic rings. The summed E-state index contributed by atoms with van der Waals surface area (Å²) in [5, 5.41) is 6.71. The molecule has 17 heavy (non-hydrogen) atoms. The normalized spacial score (nSPS) is 10.8. The summed E-state index contributed by atoms with van der Waals surface area (Å²) in [5.74, 6) is -0.556. The van der Waals surface area contributed by atoms with E-state index in [0.717, 1.165) is 6.42 Å². The van der Waals surface area contributed by atoms with Gasteiger partial charge >= 0.3 is 5.97 Å². The number of carbonyl (C=O) groups excluding carboxylic acids is 2. The van der Waals surface area contributed by atoms with Crippen molar-refractivity contribution in [3.8, 4) is 0 Å². The van der Waals surface area contributed by atoms with Gasteiger partial charge in [-0.2, -0.15) is 0 Å². The summed E-state index contributed by atoms with van der Waals surface area (Å²) in [7, 11) is 0. The number of hydrogen-bond donors (Lipinski definition) is 2. The highest BCUT2D eigenvalue weighted by Crippen LogP contribution is 1.93. The van der Waals surface area contributed by atoms with Gasteiger partial charge in [0.1, 0.15) is 6.61 Å². The first-order chi connectivity index (χ1) is 8.70. The first-order valence-corrected chi connectivity index (χ1v) is 5.78. The predicted octanol–water partition coefficient (Wildman–Crippen LogP) is -0.155. The van der Waals surface area contributed by atoms with E-state index in [1.165, 1.54) is 0 Å².